The van der Waals surface area contributed by atoms with E-state index in [0.717, 1.165) is 44.9 Å². The highest BCUT2D eigenvalue weighted by atomic mass is 16.4. The zero-order valence-electron chi connectivity index (χ0n) is 15.8. The number of carbonyl (C=O) groups is 1. The van der Waals surface area contributed by atoms with E-state index in [1.165, 1.54) is 51.4 Å². The van der Waals surface area contributed by atoms with E-state index in [2.05, 4.69) is 19.1 Å². The lowest BCUT2D eigenvalue weighted by Crippen LogP contribution is -2.04. The molecule has 0 bridgehead atoms. The van der Waals surface area contributed by atoms with Crippen molar-refractivity contribution in [1.29, 1.82) is 0 Å². The van der Waals surface area contributed by atoms with Crippen LogP contribution in [-0.4, -0.2) is 22.3 Å². The van der Waals surface area contributed by atoms with Crippen molar-refractivity contribution in [1.82, 2.24) is 0 Å². The summed E-state index contributed by atoms with van der Waals surface area (Å²) >= 11 is 0. The zero-order valence-corrected chi connectivity index (χ0v) is 15.8. The minimum Gasteiger partial charge on any atom is -0.481 e. The first-order valence-electron chi connectivity index (χ1n) is 10.2. The maximum absolute atomic E-state index is 10.4. The van der Waals surface area contributed by atoms with Crippen molar-refractivity contribution in [2.24, 2.45) is 0 Å². The van der Waals surface area contributed by atoms with Gasteiger partial charge in [0.2, 0.25) is 0 Å². The maximum atomic E-state index is 10.4. The van der Waals surface area contributed by atoms with E-state index >= 15 is 0 Å². The quantitative estimate of drug-likeness (QED) is 0.229. The lowest BCUT2D eigenvalue weighted by molar-refractivity contribution is -0.137. The Morgan fingerprint density at radius 3 is 2.00 bits per heavy atom. The van der Waals surface area contributed by atoms with Crippen LogP contribution in [-0.2, 0) is 4.79 Å². The van der Waals surface area contributed by atoms with Gasteiger partial charge < -0.3 is 10.2 Å². The molecular formula is C21H40O3. The third kappa shape index (κ3) is 19.2. The summed E-state index contributed by atoms with van der Waals surface area (Å²) in [7, 11) is 0. The van der Waals surface area contributed by atoms with Crippen LogP contribution >= 0.6 is 0 Å². The molecule has 0 aliphatic carbocycles. The molecule has 0 rings (SSSR count). The van der Waals surface area contributed by atoms with Crippen LogP contribution in [0.3, 0.4) is 0 Å². The van der Waals surface area contributed by atoms with Crippen LogP contribution in [0, 0.1) is 0 Å². The Bertz CT molecular complexity index is 299. The summed E-state index contributed by atoms with van der Waals surface area (Å²) in [6.07, 6.45) is 21.6. The van der Waals surface area contributed by atoms with Crippen molar-refractivity contribution in [2.75, 3.05) is 0 Å². The Morgan fingerprint density at radius 1 is 0.833 bits per heavy atom. The van der Waals surface area contributed by atoms with Gasteiger partial charge in [0.05, 0.1) is 6.10 Å². The first-order valence-corrected chi connectivity index (χ1v) is 10.2. The highest BCUT2D eigenvalue weighted by Gasteiger charge is 2.01. The van der Waals surface area contributed by atoms with Crippen molar-refractivity contribution in [2.45, 2.75) is 116 Å². The smallest absolute Gasteiger partial charge is 0.303 e. The van der Waals surface area contributed by atoms with Gasteiger partial charge in [-0.1, -0.05) is 83.3 Å². The van der Waals surface area contributed by atoms with Gasteiger partial charge in [-0.2, -0.15) is 0 Å². The van der Waals surface area contributed by atoms with Crippen LogP contribution in [0.4, 0.5) is 0 Å². The lowest BCUT2D eigenvalue weighted by Gasteiger charge is -2.07. The van der Waals surface area contributed by atoms with E-state index in [0.29, 0.717) is 6.42 Å². The van der Waals surface area contributed by atoms with Crippen LogP contribution in [0.15, 0.2) is 12.2 Å². The second kappa shape index (κ2) is 18.5. The molecule has 0 amide bonds. The van der Waals surface area contributed by atoms with Gasteiger partial charge in [0.25, 0.3) is 0 Å². The van der Waals surface area contributed by atoms with Crippen molar-refractivity contribution in [3.05, 3.63) is 12.2 Å². The van der Waals surface area contributed by atoms with Gasteiger partial charge in [-0.25, -0.2) is 0 Å². The van der Waals surface area contributed by atoms with Crippen LogP contribution in [0.25, 0.3) is 0 Å². The molecule has 0 aliphatic heterocycles. The largest absolute Gasteiger partial charge is 0.481 e. The van der Waals surface area contributed by atoms with E-state index in [1.54, 1.807) is 0 Å². The third-order valence-corrected chi connectivity index (χ3v) is 4.48. The van der Waals surface area contributed by atoms with Crippen LogP contribution in [0.2, 0.25) is 0 Å². The van der Waals surface area contributed by atoms with E-state index < -0.39 is 5.97 Å². The zero-order chi connectivity index (χ0) is 17.9. The molecule has 24 heavy (non-hydrogen) atoms. The van der Waals surface area contributed by atoms with Crippen molar-refractivity contribution in [3.63, 3.8) is 0 Å². The summed E-state index contributed by atoms with van der Waals surface area (Å²) in [5, 5.41) is 18.5. The number of aliphatic hydroxyl groups is 1. The second-order valence-corrected chi connectivity index (χ2v) is 6.97. The van der Waals surface area contributed by atoms with Crippen LogP contribution in [0.5, 0.6) is 0 Å². The predicted molar refractivity (Wildman–Crippen MR) is 102 cm³/mol. The standard InChI is InChI=1S/C21H40O3/c1-2-3-4-5-11-14-17-20(22)18-15-12-9-7-6-8-10-13-16-19-21(23)24/h11,14,20,22H,2-10,12-13,15-19H2,1H3,(H,23,24). The lowest BCUT2D eigenvalue weighted by atomic mass is 10.0. The van der Waals surface area contributed by atoms with Crippen molar-refractivity contribution in [3.8, 4) is 0 Å². The molecule has 0 aromatic heterocycles. The average molecular weight is 341 g/mol. The van der Waals surface area contributed by atoms with E-state index in [4.69, 9.17) is 5.11 Å². The SMILES string of the molecule is CCCCCC=CCC(O)CCCCCCCCCCCC(=O)O. The Hall–Kier alpha value is -0.830. The van der Waals surface area contributed by atoms with Gasteiger partial charge in [0.15, 0.2) is 0 Å². The number of aliphatic hydroxyl groups excluding tert-OH is 1. The predicted octanol–water partition coefficient (Wildman–Crippen LogP) is 6.25. The fourth-order valence-electron chi connectivity index (χ4n) is 2.89. The second-order valence-electron chi connectivity index (χ2n) is 6.97. The fourth-order valence-corrected chi connectivity index (χ4v) is 2.89. The molecule has 0 aromatic rings. The number of carboxylic acid groups (broad SMARTS) is 1. The van der Waals surface area contributed by atoms with Crippen molar-refractivity contribution >= 4 is 5.97 Å². The molecule has 1 atom stereocenters. The third-order valence-electron chi connectivity index (χ3n) is 4.48. The molecule has 0 heterocycles. The van der Waals surface area contributed by atoms with Gasteiger partial charge in [-0.3, -0.25) is 4.79 Å². The molecule has 0 spiro atoms. The normalized spacial score (nSPS) is 12.8. The number of rotatable bonds is 18. The first-order chi connectivity index (χ1) is 11.7. The van der Waals surface area contributed by atoms with Gasteiger partial charge in [0, 0.05) is 6.42 Å². The Kier molecular flexibility index (Phi) is 17.9. The molecule has 0 aromatic carbocycles. The number of hydrogen-bond acceptors (Lipinski definition) is 2. The molecule has 2 N–H and O–H groups in total. The minimum atomic E-state index is -0.677. The number of hydrogen-bond donors (Lipinski definition) is 2. The number of carboxylic acids is 1. The van der Waals surface area contributed by atoms with Crippen LogP contribution in [0.1, 0.15) is 110 Å². The molecule has 0 saturated carbocycles. The average Bonchev–Trinajstić information content (AvgIpc) is 2.55. The minimum absolute atomic E-state index is 0.165. The van der Waals surface area contributed by atoms with Crippen LogP contribution < -0.4 is 0 Å². The first kappa shape index (κ1) is 23.2. The van der Waals surface area contributed by atoms with E-state index in [1.807, 2.05) is 0 Å². The van der Waals surface area contributed by atoms with Gasteiger partial charge >= 0.3 is 5.97 Å². The monoisotopic (exact) mass is 340 g/mol. The maximum Gasteiger partial charge on any atom is 0.303 e. The van der Waals surface area contributed by atoms with Gasteiger partial charge in [-0.15, -0.1) is 0 Å². The molecule has 3 heteroatoms. The summed E-state index contributed by atoms with van der Waals surface area (Å²) in [5.41, 5.74) is 0. The highest BCUT2D eigenvalue weighted by molar-refractivity contribution is 5.66. The molecule has 1 unspecified atom stereocenters. The summed E-state index contributed by atoms with van der Waals surface area (Å²) < 4.78 is 0. The molecule has 0 saturated heterocycles. The highest BCUT2D eigenvalue weighted by Crippen LogP contribution is 2.13. The number of aliphatic carboxylic acids is 1. The summed E-state index contributed by atoms with van der Waals surface area (Å²) in [5.74, 6) is -0.677. The Labute approximate surface area is 149 Å². The summed E-state index contributed by atoms with van der Waals surface area (Å²) in [4.78, 5) is 10.4. The molecule has 142 valence electrons. The van der Waals surface area contributed by atoms with Gasteiger partial charge in [-0.05, 0) is 32.1 Å². The molecule has 0 fully saturated rings. The number of allylic oxidation sites excluding steroid dienone is 1. The molecular weight excluding hydrogens is 300 g/mol. The van der Waals surface area contributed by atoms with Crippen molar-refractivity contribution < 1.29 is 15.0 Å². The van der Waals surface area contributed by atoms with Gasteiger partial charge in [0.1, 0.15) is 0 Å². The topological polar surface area (TPSA) is 57.5 Å². The molecule has 0 radical (unpaired) electrons. The molecule has 0 aliphatic rings. The van der Waals surface area contributed by atoms with E-state index in [9.17, 15) is 9.90 Å². The summed E-state index contributed by atoms with van der Waals surface area (Å²) in [6, 6.07) is 0. The Morgan fingerprint density at radius 2 is 1.42 bits per heavy atom. The molecule has 3 nitrogen and oxygen atoms in total. The summed E-state index contributed by atoms with van der Waals surface area (Å²) in [6.45, 7) is 2.22. The number of unbranched alkanes of at least 4 members (excludes halogenated alkanes) is 11. The fraction of sp³-hybridized carbons (Fsp3) is 0.857. The van der Waals surface area contributed by atoms with E-state index in [-0.39, 0.29) is 6.10 Å². The Balaban J connectivity index is 3.21.